The van der Waals surface area contributed by atoms with Gasteiger partial charge in [0.05, 0.1) is 6.42 Å². The van der Waals surface area contributed by atoms with Crippen LogP contribution in [0.15, 0.2) is 60.5 Å². The highest BCUT2D eigenvalue weighted by molar-refractivity contribution is 7.10. The molecule has 4 rings (SSSR count). The van der Waals surface area contributed by atoms with E-state index in [-0.39, 0.29) is 11.9 Å². The Morgan fingerprint density at radius 1 is 1.24 bits per heavy atom. The summed E-state index contributed by atoms with van der Waals surface area (Å²) in [7, 11) is 0. The summed E-state index contributed by atoms with van der Waals surface area (Å²) in [5, 5.41) is 2.04. The van der Waals surface area contributed by atoms with Crippen LogP contribution in [0.2, 0.25) is 0 Å². The molecule has 34 heavy (non-hydrogen) atoms. The van der Waals surface area contributed by atoms with Crippen LogP contribution in [0, 0.1) is 5.92 Å². The zero-order valence-electron chi connectivity index (χ0n) is 20.6. The maximum absolute atomic E-state index is 12.9. The first kappa shape index (κ1) is 24.3. The first-order valence-electron chi connectivity index (χ1n) is 12.3. The van der Waals surface area contributed by atoms with E-state index in [0.717, 1.165) is 36.4 Å². The molecule has 1 fully saturated rings. The van der Waals surface area contributed by atoms with E-state index in [1.54, 1.807) is 11.3 Å². The summed E-state index contributed by atoms with van der Waals surface area (Å²) in [4.78, 5) is 16.1. The Bertz CT molecular complexity index is 1130. The van der Waals surface area contributed by atoms with Crippen LogP contribution in [-0.2, 0) is 17.6 Å². The lowest BCUT2D eigenvalue weighted by Gasteiger charge is -2.38. The number of carbonyl (C=O) groups excluding carboxylic acids is 1. The van der Waals surface area contributed by atoms with Gasteiger partial charge >= 0.3 is 0 Å². The maximum atomic E-state index is 12.9. The van der Waals surface area contributed by atoms with Crippen molar-refractivity contribution in [3.05, 3.63) is 82.1 Å². The first-order valence-corrected chi connectivity index (χ1v) is 13.2. The van der Waals surface area contributed by atoms with Crippen molar-refractivity contribution < 1.29 is 4.79 Å². The lowest BCUT2D eigenvalue weighted by atomic mass is 9.80. The van der Waals surface area contributed by atoms with Crippen LogP contribution in [0.3, 0.4) is 0 Å². The molecule has 1 amide bonds. The largest absolute Gasteiger partial charge is 0.398 e. The highest BCUT2D eigenvalue weighted by atomic mass is 32.1. The molecule has 1 aliphatic heterocycles. The van der Waals surface area contributed by atoms with E-state index in [1.807, 2.05) is 29.7 Å². The summed E-state index contributed by atoms with van der Waals surface area (Å²) in [6.45, 7) is 11.7. The number of thiophene rings is 1. The number of rotatable bonds is 7. The van der Waals surface area contributed by atoms with Gasteiger partial charge in [0.25, 0.3) is 0 Å². The Hall–Kier alpha value is -2.85. The number of anilines is 1. The third kappa shape index (κ3) is 5.12. The van der Waals surface area contributed by atoms with Crippen LogP contribution in [0.5, 0.6) is 0 Å². The van der Waals surface area contributed by atoms with Crippen molar-refractivity contribution in [1.29, 1.82) is 0 Å². The minimum Gasteiger partial charge on any atom is -0.398 e. The smallest absolute Gasteiger partial charge is 0.228 e. The van der Waals surface area contributed by atoms with E-state index in [4.69, 9.17) is 5.73 Å². The molecule has 0 bridgehead atoms. The van der Waals surface area contributed by atoms with Crippen molar-refractivity contribution >= 4 is 29.0 Å². The van der Waals surface area contributed by atoms with Gasteiger partial charge in [0.15, 0.2) is 0 Å². The summed E-state index contributed by atoms with van der Waals surface area (Å²) in [6, 6.07) is 17.0. The zero-order chi connectivity index (χ0) is 24.2. The molecule has 0 spiro atoms. The van der Waals surface area contributed by atoms with Gasteiger partial charge < -0.3 is 10.6 Å². The first-order chi connectivity index (χ1) is 16.4. The molecule has 1 unspecified atom stereocenters. The third-order valence-electron chi connectivity index (χ3n) is 7.12. The van der Waals surface area contributed by atoms with Crippen molar-refractivity contribution in [2.75, 3.05) is 12.3 Å². The van der Waals surface area contributed by atoms with Crippen LogP contribution in [-0.4, -0.2) is 23.4 Å². The molecule has 1 saturated heterocycles. The van der Waals surface area contributed by atoms with Gasteiger partial charge in [0.1, 0.15) is 0 Å². The van der Waals surface area contributed by atoms with E-state index < -0.39 is 0 Å². The van der Waals surface area contributed by atoms with E-state index in [9.17, 15) is 4.79 Å². The fourth-order valence-electron chi connectivity index (χ4n) is 5.50. The molecule has 3 nitrogen and oxygen atoms in total. The molecule has 3 aromatic rings. The molecule has 1 aromatic heterocycles. The number of nitrogen functional groups attached to an aromatic ring is 1. The standard InChI is InChI=1S/C30H36N2OS/c1-5-25-27(28(31)19-26(30(25)20(2)3)23-10-7-6-8-11-23)17-22-13-14-32(21(4)16-22)29(33)18-24-12-9-15-34-24/h5-12,15,19-22H,1,13-14,16-18,31H2,2-4H3/t21-,22?/m1/s1. The van der Waals surface area contributed by atoms with E-state index in [2.05, 4.69) is 62.6 Å². The fourth-order valence-corrected chi connectivity index (χ4v) is 6.20. The van der Waals surface area contributed by atoms with Crippen LogP contribution in [0.1, 0.15) is 61.1 Å². The molecule has 2 N–H and O–H groups in total. The number of nitrogens with zero attached hydrogens (tertiary/aromatic N) is 1. The van der Waals surface area contributed by atoms with Crippen LogP contribution < -0.4 is 5.73 Å². The van der Waals surface area contributed by atoms with Gasteiger partial charge in [0.2, 0.25) is 5.91 Å². The Labute approximate surface area is 208 Å². The van der Waals surface area contributed by atoms with E-state index >= 15 is 0 Å². The molecule has 0 aliphatic carbocycles. The fraction of sp³-hybridized carbons (Fsp3) is 0.367. The summed E-state index contributed by atoms with van der Waals surface area (Å²) in [5.41, 5.74) is 13.7. The number of amides is 1. The van der Waals surface area contributed by atoms with Crippen LogP contribution in [0.25, 0.3) is 17.2 Å². The lowest BCUT2D eigenvalue weighted by Crippen LogP contribution is -2.45. The number of piperidine rings is 1. The Balaban J connectivity index is 1.55. The van der Waals surface area contributed by atoms with Crippen molar-refractivity contribution in [2.45, 2.75) is 58.4 Å². The van der Waals surface area contributed by atoms with Crippen molar-refractivity contribution in [3.8, 4) is 11.1 Å². The predicted molar refractivity (Wildman–Crippen MR) is 146 cm³/mol. The lowest BCUT2D eigenvalue weighted by molar-refractivity contribution is -0.134. The SMILES string of the molecule is C=Cc1c(CC2CCN(C(=O)Cc3cccs3)[C@H](C)C2)c(N)cc(-c2ccccc2)c1C(C)C. The van der Waals surface area contributed by atoms with Crippen molar-refractivity contribution in [1.82, 2.24) is 4.90 Å². The van der Waals surface area contributed by atoms with Crippen LogP contribution in [0.4, 0.5) is 5.69 Å². The van der Waals surface area contributed by atoms with Gasteiger partial charge in [-0.25, -0.2) is 0 Å². The van der Waals surface area contributed by atoms with Gasteiger partial charge in [-0.05, 0) is 83.4 Å². The van der Waals surface area contributed by atoms with Crippen molar-refractivity contribution in [2.24, 2.45) is 5.92 Å². The molecule has 0 radical (unpaired) electrons. The zero-order valence-corrected chi connectivity index (χ0v) is 21.4. The molecule has 4 heteroatoms. The van der Waals surface area contributed by atoms with Gasteiger partial charge in [-0.15, -0.1) is 11.3 Å². The molecule has 0 saturated carbocycles. The monoisotopic (exact) mass is 472 g/mol. The summed E-state index contributed by atoms with van der Waals surface area (Å²) < 4.78 is 0. The summed E-state index contributed by atoms with van der Waals surface area (Å²) in [5.74, 6) is 1.11. The number of hydrogen-bond donors (Lipinski definition) is 1. The van der Waals surface area contributed by atoms with Crippen molar-refractivity contribution in [3.63, 3.8) is 0 Å². The van der Waals surface area contributed by atoms with Gasteiger partial charge in [-0.2, -0.15) is 0 Å². The molecule has 1 aliphatic rings. The Kier molecular flexibility index (Phi) is 7.57. The Morgan fingerprint density at radius 2 is 2.00 bits per heavy atom. The third-order valence-corrected chi connectivity index (χ3v) is 8.00. The topological polar surface area (TPSA) is 46.3 Å². The second-order valence-corrected chi connectivity index (χ2v) is 10.9. The van der Waals surface area contributed by atoms with Gasteiger partial charge in [-0.1, -0.05) is 62.9 Å². The molecular formula is C30H36N2OS. The Morgan fingerprint density at radius 3 is 2.62 bits per heavy atom. The summed E-state index contributed by atoms with van der Waals surface area (Å²) in [6.07, 6.45) is 5.45. The average Bonchev–Trinajstić information content (AvgIpc) is 3.33. The van der Waals surface area contributed by atoms with Crippen LogP contribution >= 0.6 is 11.3 Å². The normalized spacial score (nSPS) is 18.3. The minimum atomic E-state index is 0.243. The van der Waals surface area contributed by atoms with E-state index in [0.29, 0.717) is 18.3 Å². The number of hydrogen-bond acceptors (Lipinski definition) is 3. The predicted octanol–water partition coefficient (Wildman–Crippen LogP) is 7.18. The second kappa shape index (κ2) is 10.6. The molecular weight excluding hydrogens is 436 g/mol. The number of nitrogens with two attached hydrogens (primary N) is 1. The number of benzene rings is 2. The highest BCUT2D eigenvalue weighted by Gasteiger charge is 2.30. The minimum absolute atomic E-state index is 0.243. The summed E-state index contributed by atoms with van der Waals surface area (Å²) >= 11 is 1.66. The van der Waals surface area contributed by atoms with Gasteiger partial charge in [-0.3, -0.25) is 4.79 Å². The highest BCUT2D eigenvalue weighted by Crippen LogP contribution is 2.39. The average molecular weight is 473 g/mol. The molecule has 2 aromatic carbocycles. The maximum Gasteiger partial charge on any atom is 0.228 e. The quantitative estimate of drug-likeness (QED) is 0.370. The number of likely N-dealkylation sites (tertiary alicyclic amines) is 1. The molecule has 2 heterocycles. The molecule has 2 atom stereocenters. The van der Waals surface area contributed by atoms with E-state index in [1.165, 1.54) is 27.8 Å². The second-order valence-electron chi connectivity index (χ2n) is 9.83. The van der Waals surface area contributed by atoms with Gasteiger partial charge in [0, 0.05) is 23.2 Å². The number of carbonyl (C=O) groups is 1. The molecule has 178 valence electrons.